The molecule has 4 nitrogen and oxygen atoms in total. The van der Waals surface area contributed by atoms with Crippen molar-refractivity contribution in [3.05, 3.63) is 35.9 Å². The summed E-state index contributed by atoms with van der Waals surface area (Å²) in [4.78, 5) is 14.9. The summed E-state index contributed by atoms with van der Waals surface area (Å²) in [5.74, 6) is 0.378. The summed E-state index contributed by atoms with van der Waals surface area (Å²) < 4.78 is 5.63. The van der Waals surface area contributed by atoms with Crippen LogP contribution in [0.1, 0.15) is 51.5 Å². The number of carbonyl (C=O) groups excluding carboxylic acids is 1. The van der Waals surface area contributed by atoms with Gasteiger partial charge in [-0.3, -0.25) is 4.79 Å². The van der Waals surface area contributed by atoms with E-state index in [9.17, 15) is 9.90 Å². The van der Waals surface area contributed by atoms with Crippen LogP contribution in [0.15, 0.2) is 30.3 Å². The quantitative estimate of drug-likeness (QED) is 0.892. The summed E-state index contributed by atoms with van der Waals surface area (Å²) in [7, 11) is 0. The van der Waals surface area contributed by atoms with Gasteiger partial charge in [0.2, 0.25) is 5.91 Å². The molecule has 138 valence electrons. The largest absolute Gasteiger partial charge is 0.393 e. The van der Waals surface area contributed by atoms with Crippen LogP contribution in [0.5, 0.6) is 0 Å². The van der Waals surface area contributed by atoms with Crippen LogP contribution in [-0.4, -0.2) is 47.8 Å². The molecule has 1 saturated heterocycles. The number of morpholine rings is 1. The molecule has 25 heavy (non-hydrogen) atoms. The number of nitrogens with zero attached hydrogens (tertiary/aromatic N) is 1. The second-order valence-corrected chi connectivity index (χ2v) is 8.14. The molecule has 1 heterocycles. The van der Waals surface area contributed by atoms with E-state index in [4.69, 9.17) is 4.74 Å². The van der Waals surface area contributed by atoms with Crippen molar-refractivity contribution < 1.29 is 14.6 Å². The van der Waals surface area contributed by atoms with Crippen LogP contribution in [0.4, 0.5) is 0 Å². The zero-order chi connectivity index (χ0) is 17.9. The monoisotopic (exact) mass is 345 g/mol. The topological polar surface area (TPSA) is 49.8 Å². The Morgan fingerprint density at radius 2 is 2.04 bits per heavy atom. The summed E-state index contributed by atoms with van der Waals surface area (Å²) >= 11 is 0. The van der Waals surface area contributed by atoms with E-state index >= 15 is 0 Å². The van der Waals surface area contributed by atoms with Gasteiger partial charge in [0.15, 0.2) is 0 Å². The lowest BCUT2D eigenvalue weighted by atomic mass is 9.80. The summed E-state index contributed by atoms with van der Waals surface area (Å²) in [5.41, 5.74) is 1.25. The number of carbonyl (C=O) groups is 1. The molecule has 1 N–H and O–H groups in total. The Balaban J connectivity index is 1.63. The summed E-state index contributed by atoms with van der Waals surface area (Å²) in [6.45, 7) is 6.22. The predicted octanol–water partition coefficient (Wildman–Crippen LogP) is 3.13. The third-order valence-electron chi connectivity index (χ3n) is 6.03. The van der Waals surface area contributed by atoms with Gasteiger partial charge in [0.05, 0.1) is 25.4 Å². The lowest BCUT2D eigenvalue weighted by molar-refractivity contribution is -0.144. The Bertz CT molecular complexity index is 572. The van der Waals surface area contributed by atoms with E-state index in [1.807, 2.05) is 11.0 Å². The Labute approximate surface area is 151 Å². The second-order valence-electron chi connectivity index (χ2n) is 8.14. The van der Waals surface area contributed by atoms with Gasteiger partial charge in [-0.25, -0.2) is 0 Å². The number of ether oxygens (including phenoxy) is 1. The molecule has 1 aliphatic heterocycles. The molecule has 1 aliphatic carbocycles. The molecule has 3 atom stereocenters. The fraction of sp³-hybridized carbons (Fsp3) is 0.667. The highest BCUT2D eigenvalue weighted by molar-refractivity contribution is 5.76. The number of hydrogen-bond donors (Lipinski definition) is 1. The minimum atomic E-state index is -0.289. The Morgan fingerprint density at radius 1 is 1.28 bits per heavy atom. The van der Waals surface area contributed by atoms with Gasteiger partial charge >= 0.3 is 0 Å². The Kier molecular flexibility index (Phi) is 5.80. The molecule has 0 spiro atoms. The maximum Gasteiger partial charge on any atom is 0.223 e. The summed E-state index contributed by atoms with van der Waals surface area (Å²) in [5, 5.41) is 10.3. The smallest absolute Gasteiger partial charge is 0.223 e. The number of benzene rings is 1. The van der Waals surface area contributed by atoms with E-state index in [0.717, 1.165) is 25.7 Å². The van der Waals surface area contributed by atoms with Gasteiger partial charge in [-0.15, -0.1) is 0 Å². The lowest BCUT2D eigenvalue weighted by Crippen LogP contribution is -2.53. The molecule has 4 heteroatoms. The normalized spacial score (nSPS) is 27.5. The van der Waals surface area contributed by atoms with Crippen molar-refractivity contribution >= 4 is 5.91 Å². The standard InChI is InChI=1S/C21H31NO3/c1-21(2,16-7-4-3-5-8-16)12-11-20(24)22-13-14-25-15-18(22)17-9-6-10-19(17)23/h3-5,7-8,17-19,23H,6,9-15H2,1-2H3/t17-,18-,19-/m1/s1. The van der Waals surface area contributed by atoms with Gasteiger partial charge in [0.25, 0.3) is 0 Å². The maximum atomic E-state index is 12.9. The fourth-order valence-electron chi connectivity index (χ4n) is 4.30. The molecule has 2 fully saturated rings. The zero-order valence-electron chi connectivity index (χ0n) is 15.5. The highest BCUT2D eigenvalue weighted by atomic mass is 16.5. The van der Waals surface area contributed by atoms with Crippen LogP contribution in [0.2, 0.25) is 0 Å². The number of hydrogen-bond acceptors (Lipinski definition) is 3. The first-order chi connectivity index (χ1) is 12.0. The fourth-order valence-corrected chi connectivity index (χ4v) is 4.30. The molecule has 0 radical (unpaired) electrons. The van der Waals surface area contributed by atoms with E-state index in [-0.39, 0.29) is 29.4 Å². The predicted molar refractivity (Wildman–Crippen MR) is 98.4 cm³/mol. The molecule has 0 unspecified atom stereocenters. The van der Waals surface area contributed by atoms with Gasteiger partial charge in [0, 0.05) is 18.9 Å². The van der Waals surface area contributed by atoms with Crippen molar-refractivity contribution in [2.75, 3.05) is 19.8 Å². The maximum absolute atomic E-state index is 12.9. The van der Waals surface area contributed by atoms with Crippen LogP contribution in [0, 0.1) is 5.92 Å². The van der Waals surface area contributed by atoms with Crippen LogP contribution in [-0.2, 0) is 14.9 Å². The first-order valence-electron chi connectivity index (χ1n) is 9.60. The van der Waals surface area contributed by atoms with Crippen LogP contribution in [0.3, 0.4) is 0 Å². The third kappa shape index (κ3) is 4.24. The minimum absolute atomic E-state index is 0.0222. The molecule has 1 aromatic carbocycles. The van der Waals surface area contributed by atoms with Gasteiger partial charge in [-0.05, 0) is 30.2 Å². The Morgan fingerprint density at radius 3 is 2.72 bits per heavy atom. The van der Waals surface area contributed by atoms with E-state index in [2.05, 4.69) is 38.1 Å². The van der Waals surface area contributed by atoms with Gasteiger partial charge in [-0.1, -0.05) is 50.6 Å². The van der Waals surface area contributed by atoms with E-state index < -0.39 is 0 Å². The van der Waals surface area contributed by atoms with Gasteiger partial charge in [0.1, 0.15) is 0 Å². The first kappa shape index (κ1) is 18.4. The SMILES string of the molecule is CC(C)(CCC(=O)N1CCOC[C@@H]1[C@H]1CCC[C@H]1O)c1ccccc1. The summed E-state index contributed by atoms with van der Waals surface area (Å²) in [6.07, 6.45) is 3.97. The van der Waals surface area contributed by atoms with Crippen LogP contribution < -0.4 is 0 Å². The third-order valence-corrected chi connectivity index (χ3v) is 6.03. The lowest BCUT2D eigenvalue weighted by Gasteiger charge is -2.40. The van der Waals surface area contributed by atoms with E-state index in [1.54, 1.807) is 0 Å². The van der Waals surface area contributed by atoms with Crippen molar-refractivity contribution in [3.63, 3.8) is 0 Å². The molecule has 1 amide bonds. The summed E-state index contributed by atoms with van der Waals surface area (Å²) in [6, 6.07) is 10.4. The van der Waals surface area contributed by atoms with Crippen LogP contribution in [0.25, 0.3) is 0 Å². The average Bonchev–Trinajstić information content (AvgIpc) is 3.06. The molecule has 1 aromatic rings. The van der Waals surface area contributed by atoms with Crippen molar-refractivity contribution in [2.24, 2.45) is 5.92 Å². The van der Waals surface area contributed by atoms with Crippen molar-refractivity contribution in [3.8, 4) is 0 Å². The van der Waals surface area contributed by atoms with Crippen molar-refractivity contribution in [1.29, 1.82) is 0 Å². The average molecular weight is 345 g/mol. The molecule has 0 bridgehead atoms. The number of aliphatic hydroxyl groups is 1. The first-order valence-corrected chi connectivity index (χ1v) is 9.60. The van der Waals surface area contributed by atoms with Gasteiger partial charge in [-0.2, -0.15) is 0 Å². The molecule has 3 rings (SSSR count). The molecule has 0 aromatic heterocycles. The number of aliphatic hydroxyl groups excluding tert-OH is 1. The molecule has 2 aliphatic rings. The van der Waals surface area contributed by atoms with E-state index in [0.29, 0.717) is 26.2 Å². The highest BCUT2D eigenvalue weighted by Crippen LogP contribution is 2.33. The molecule has 1 saturated carbocycles. The number of amides is 1. The highest BCUT2D eigenvalue weighted by Gasteiger charge is 2.39. The second kappa shape index (κ2) is 7.88. The molecular weight excluding hydrogens is 314 g/mol. The zero-order valence-corrected chi connectivity index (χ0v) is 15.5. The molecular formula is C21H31NO3. The Hall–Kier alpha value is -1.39. The van der Waals surface area contributed by atoms with Gasteiger partial charge < -0.3 is 14.7 Å². The van der Waals surface area contributed by atoms with Crippen molar-refractivity contribution in [2.45, 2.75) is 63.5 Å². The number of rotatable bonds is 5. The minimum Gasteiger partial charge on any atom is -0.393 e. The van der Waals surface area contributed by atoms with Crippen LogP contribution >= 0.6 is 0 Å². The van der Waals surface area contributed by atoms with E-state index in [1.165, 1.54) is 5.56 Å². The van der Waals surface area contributed by atoms with Crippen molar-refractivity contribution in [1.82, 2.24) is 4.90 Å².